The van der Waals surface area contributed by atoms with Crippen LogP contribution in [-0.4, -0.2) is 26.1 Å². The van der Waals surface area contributed by atoms with Crippen LogP contribution in [0.5, 0.6) is 0 Å². The Bertz CT molecular complexity index is 463. The van der Waals surface area contributed by atoms with Gasteiger partial charge >= 0.3 is 0 Å². The van der Waals surface area contributed by atoms with Gasteiger partial charge in [-0.05, 0) is 38.0 Å². The molecule has 104 valence electrons. The number of Topliss-reactive ketones (excluding diaryl/α,β-unsaturated/α-hetero) is 1. The lowest BCUT2D eigenvalue weighted by Crippen LogP contribution is -2.42. The smallest absolute Gasteiger partial charge is 0.268 e. The summed E-state index contributed by atoms with van der Waals surface area (Å²) in [6.07, 6.45) is 1.80. The number of hydrogen-bond acceptors (Lipinski definition) is 4. The molecule has 2 saturated carbocycles. The minimum absolute atomic E-state index is 0.111. The van der Waals surface area contributed by atoms with E-state index in [9.17, 15) is 13.2 Å². The summed E-state index contributed by atoms with van der Waals surface area (Å²) < 4.78 is 29.1. The van der Waals surface area contributed by atoms with Gasteiger partial charge in [0.1, 0.15) is 5.78 Å². The number of carbonyl (C=O) groups excluding carboxylic acids is 1. The van der Waals surface area contributed by atoms with Crippen molar-refractivity contribution in [3.63, 3.8) is 0 Å². The predicted octanol–water partition coefficient (Wildman–Crippen LogP) is 2.14. The summed E-state index contributed by atoms with van der Waals surface area (Å²) in [4.78, 5) is 12.2. The average molecular weight is 274 g/mol. The largest absolute Gasteiger partial charge is 0.299 e. The first-order valence-electron chi connectivity index (χ1n) is 6.55. The summed E-state index contributed by atoms with van der Waals surface area (Å²) in [5, 5.41) is 0. The van der Waals surface area contributed by atoms with Crippen LogP contribution in [-0.2, 0) is 19.1 Å². The van der Waals surface area contributed by atoms with E-state index < -0.39 is 15.5 Å². The minimum Gasteiger partial charge on any atom is -0.299 e. The summed E-state index contributed by atoms with van der Waals surface area (Å²) in [7, 11) is -3.63. The van der Waals surface area contributed by atoms with Crippen molar-refractivity contribution in [3.05, 3.63) is 0 Å². The Morgan fingerprint density at radius 3 is 2.39 bits per heavy atom. The molecule has 2 bridgehead atoms. The van der Waals surface area contributed by atoms with E-state index in [4.69, 9.17) is 4.18 Å². The average Bonchev–Trinajstić information content (AvgIpc) is 2.48. The Labute approximate surface area is 109 Å². The molecule has 0 heterocycles. The Morgan fingerprint density at radius 1 is 1.39 bits per heavy atom. The highest BCUT2D eigenvalue weighted by molar-refractivity contribution is 7.86. The molecule has 2 unspecified atom stereocenters. The molecule has 0 saturated heterocycles. The van der Waals surface area contributed by atoms with Gasteiger partial charge in [0.05, 0.1) is 17.3 Å². The Morgan fingerprint density at radius 2 is 2.00 bits per heavy atom. The SMILES string of the molecule is CC(C)OS(=O)(=O)CC12CCC(CC1=O)C2(C)C. The van der Waals surface area contributed by atoms with Crippen molar-refractivity contribution < 1.29 is 17.4 Å². The van der Waals surface area contributed by atoms with Gasteiger partial charge in [-0.15, -0.1) is 0 Å². The Hall–Kier alpha value is -0.420. The molecule has 0 aromatic heterocycles. The van der Waals surface area contributed by atoms with Crippen molar-refractivity contribution in [1.82, 2.24) is 0 Å². The molecule has 0 spiro atoms. The van der Waals surface area contributed by atoms with E-state index in [-0.39, 0.29) is 23.1 Å². The lowest BCUT2D eigenvalue weighted by atomic mass is 9.70. The number of rotatable bonds is 4. The van der Waals surface area contributed by atoms with E-state index in [0.717, 1.165) is 6.42 Å². The van der Waals surface area contributed by atoms with E-state index in [0.29, 0.717) is 18.8 Å². The zero-order chi connectivity index (χ0) is 13.8. The number of hydrogen-bond donors (Lipinski definition) is 0. The van der Waals surface area contributed by atoms with Crippen molar-refractivity contribution in [3.8, 4) is 0 Å². The highest BCUT2D eigenvalue weighted by Crippen LogP contribution is 2.64. The van der Waals surface area contributed by atoms with Gasteiger partial charge in [-0.3, -0.25) is 8.98 Å². The van der Waals surface area contributed by atoms with Crippen LogP contribution in [0.3, 0.4) is 0 Å². The summed E-state index contributed by atoms with van der Waals surface area (Å²) in [6.45, 7) is 7.43. The maximum absolute atomic E-state index is 12.2. The van der Waals surface area contributed by atoms with Crippen LogP contribution >= 0.6 is 0 Å². The molecule has 2 atom stereocenters. The fourth-order valence-corrected chi connectivity index (χ4v) is 5.67. The lowest BCUT2D eigenvalue weighted by Gasteiger charge is -2.35. The van der Waals surface area contributed by atoms with Crippen LogP contribution in [0.25, 0.3) is 0 Å². The molecule has 18 heavy (non-hydrogen) atoms. The van der Waals surface area contributed by atoms with Crippen molar-refractivity contribution in [2.45, 2.75) is 53.1 Å². The third-order valence-corrected chi connectivity index (χ3v) is 6.43. The number of carbonyl (C=O) groups is 1. The second-order valence-electron chi connectivity index (χ2n) is 6.51. The summed E-state index contributed by atoms with van der Waals surface area (Å²) in [5.41, 5.74) is -0.942. The molecule has 0 aromatic carbocycles. The van der Waals surface area contributed by atoms with Crippen molar-refractivity contribution in [2.75, 3.05) is 5.75 Å². The molecular weight excluding hydrogens is 252 g/mol. The molecule has 0 N–H and O–H groups in total. The standard InChI is InChI=1S/C13H22O4S/c1-9(2)17-18(15,16)8-13-6-5-10(7-11(13)14)12(13,3)4/h9-10H,5-8H2,1-4H3. The van der Waals surface area contributed by atoms with Gasteiger partial charge in [-0.25, -0.2) is 0 Å². The quantitative estimate of drug-likeness (QED) is 0.737. The van der Waals surface area contributed by atoms with Crippen molar-refractivity contribution in [1.29, 1.82) is 0 Å². The van der Waals surface area contributed by atoms with Gasteiger partial charge < -0.3 is 0 Å². The molecular formula is C13H22O4S. The molecule has 4 nitrogen and oxygen atoms in total. The van der Waals surface area contributed by atoms with Crippen molar-refractivity contribution >= 4 is 15.9 Å². The van der Waals surface area contributed by atoms with E-state index in [1.807, 2.05) is 13.8 Å². The first kappa shape index (κ1) is 14.0. The van der Waals surface area contributed by atoms with Gasteiger partial charge in [0.15, 0.2) is 0 Å². The van der Waals surface area contributed by atoms with Crippen LogP contribution in [0, 0.1) is 16.7 Å². The van der Waals surface area contributed by atoms with E-state index >= 15 is 0 Å². The fraction of sp³-hybridized carbons (Fsp3) is 0.923. The van der Waals surface area contributed by atoms with Crippen LogP contribution in [0.4, 0.5) is 0 Å². The fourth-order valence-electron chi connectivity index (χ4n) is 3.74. The van der Waals surface area contributed by atoms with Crippen LogP contribution in [0.2, 0.25) is 0 Å². The summed E-state index contributed by atoms with van der Waals surface area (Å²) >= 11 is 0. The highest BCUT2D eigenvalue weighted by atomic mass is 32.2. The normalized spacial score (nSPS) is 34.5. The second kappa shape index (κ2) is 4.04. The van der Waals surface area contributed by atoms with Crippen LogP contribution in [0.1, 0.15) is 47.0 Å². The van der Waals surface area contributed by atoms with E-state index in [1.165, 1.54) is 0 Å². The highest BCUT2D eigenvalue weighted by Gasteiger charge is 2.65. The second-order valence-corrected chi connectivity index (χ2v) is 8.11. The molecule has 0 aromatic rings. The van der Waals surface area contributed by atoms with Gasteiger partial charge in [-0.2, -0.15) is 8.42 Å². The lowest BCUT2D eigenvalue weighted by molar-refractivity contribution is -0.128. The third-order valence-electron chi connectivity index (χ3n) is 4.90. The van der Waals surface area contributed by atoms with Crippen LogP contribution < -0.4 is 0 Å². The zero-order valence-corrected chi connectivity index (χ0v) is 12.3. The molecule has 5 heteroatoms. The zero-order valence-electron chi connectivity index (χ0n) is 11.5. The first-order valence-corrected chi connectivity index (χ1v) is 8.13. The molecule has 2 fully saturated rings. The van der Waals surface area contributed by atoms with E-state index in [1.54, 1.807) is 13.8 Å². The van der Waals surface area contributed by atoms with E-state index in [2.05, 4.69) is 0 Å². The molecule has 2 aliphatic carbocycles. The van der Waals surface area contributed by atoms with Crippen LogP contribution in [0.15, 0.2) is 0 Å². The Kier molecular flexibility index (Phi) is 3.14. The van der Waals surface area contributed by atoms with Gasteiger partial charge in [0, 0.05) is 6.42 Å². The molecule has 2 rings (SSSR count). The molecule has 0 radical (unpaired) electrons. The van der Waals surface area contributed by atoms with Crippen molar-refractivity contribution in [2.24, 2.45) is 16.7 Å². The van der Waals surface area contributed by atoms with Gasteiger partial charge in [0.2, 0.25) is 0 Å². The van der Waals surface area contributed by atoms with Gasteiger partial charge in [-0.1, -0.05) is 13.8 Å². The summed E-state index contributed by atoms with van der Waals surface area (Å²) in [5.74, 6) is 0.291. The molecule has 0 amide bonds. The first-order chi connectivity index (χ1) is 8.11. The number of fused-ring (bicyclic) bond motifs is 2. The Balaban J connectivity index is 2.30. The maximum atomic E-state index is 12.2. The maximum Gasteiger partial charge on any atom is 0.268 e. The van der Waals surface area contributed by atoms with Gasteiger partial charge in [0.25, 0.3) is 10.1 Å². The molecule has 2 aliphatic rings. The summed E-state index contributed by atoms with van der Waals surface area (Å²) in [6, 6.07) is 0. The number of ketones is 1. The monoisotopic (exact) mass is 274 g/mol. The molecule has 0 aliphatic heterocycles. The third kappa shape index (κ3) is 1.92. The topological polar surface area (TPSA) is 60.4 Å². The minimum atomic E-state index is -3.63. The predicted molar refractivity (Wildman–Crippen MR) is 68.6 cm³/mol.